The van der Waals surface area contributed by atoms with Crippen LogP contribution in [0.4, 0.5) is 5.69 Å². The number of carbonyl (C=O) groups excluding carboxylic acids is 2. The lowest BCUT2D eigenvalue weighted by atomic mass is 9.91. The van der Waals surface area contributed by atoms with E-state index in [-0.39, 0.29) is 17.3 Å². The van der Waals surface area contributed by atoms with Crippen LogP contribution in [-0.4, -0.2) is 23.9 Å². The lowest BCUT2D eigenvalue weighted by Crippen LogP contribution is -2.29. The Morgan fingerprint density at radius 2 is 1.68 bits per heavy atom. The van der Waals surface area contributed by atoms with Gasteiger partial charge in [0.25, 0.3) is 11.7 Å². The van der Waals surface area contributed by atoms with Gasteiger partial charge >= 0.3 is 0 Å². The summed E-state index contributed by atoms with van der Waals surface area (Å²) in [5.74, 6) is -0.714. The highest BCUT2D eigenvalue weighted by atomic mass is 79.9. The van der Waals surface area contributed by atoms with Gasteiger partial charge in [0.05, 0.1) is 18.7 Å². The van der Waals surface area contributed by atoms with Crippen molar-refractivity contribution in [1.29, 1.82) is 0 Å². The number of halogens is 1. The molecule has 0 spiro atoms. The maximum Gasteiger partial charge on any atom is 0.300 e. The number of aliphatic hydroxyl groups is 1. The molecule has 34 heavy (non-hydrogen) atoms. The molecule has 1 fully saturated rings. The van der Waals surface area contributed by atoms with E-state index in [9.17, 15) is 14.7 Å². The number of carbonyl (C=O) groups is 2. The van der Waals surface area contributed by atoms with Crippen LogP contribution < -0.4 is 9.64 Å². The van der Waals surface area contributed by atoms with Crippen molar-refractivity contribution in [3.8, 4) is 5.75 Å². The summed E-state index contributed by atoms with van der Waals surface area (Å²) in [7, 11) is 1.61. The molecule has 5 nitrogen and oxygen atoms in total. The molecule has 1 aliphatic rings. The summed E-state index contributed by atoms with van der Waals surface area (Å²) >= 11 is 3.41. The number of benzene rings is 3. The Morgan fingerprint density at radius 3 is 2.26 bits per heavy atom. The van der Waals surface area contributed by atoms with Gasteiger partial charge in [0.15, 0.2) is 0 Å². The predicted molar refractivity (Wildman–Crippen MR) is 137 cm³/mol. The molecule has 1 amide bonds. The normalized spacial score (nSPS) is 17.5. The third-order valence-electron chi connectivity index (χ3n) is 6.12. The quantitative estimate of drug-likeness (QED) is 0.237. The lowest BCUT2D eigenvalue weighted by molar-refractivity contribution is -0.132. The number of methoxy groups -OCH3 is 1. The number of ketones is 1. The van der Waals surface area contributed by atoms with Gasteiger partial charge in [-0.05, 0) is 65.9 Å². The van der Waals surface area contributed by atoms with Crippen molar-refractivity contribution >= 4 is 39.1 Å². The van der Waals surface area contributed by atoms with Gasteiger partial charge in [0, 0.05) is 15.7 Å². The minimum absolute atomic E-state index is 0.0714. The van der Waals surface area contributed by atoms with Gasteiger partial charge in [0.2, 0.25) is 0 Å². The van der Waals surface area contributed by atoms with Crippen LogP contribution in [0.25, 0.3) is 5.76 Å². The largest absolute Gasteiger partial charge is 0.507 e. The van der Waals surface area contributed by atoms with Gasteiger partial charge in [-0.25, -0.2) is 0 Å². The zero-order valence-corrected chi connectivity index (χ0v) is 21.1. The van der Waals surface area contributed by atoms with E-state index in [2.05, 4.69) is 15.9 Å². The van der Waals surface area contributed by atoms with Crippen LogP contribution in [0.2, 0.25) is 0 Å². The van der Waals surface area contributed by atoms with E-state index in [1.165, 1.54) is 4.90 Å². The maximum atomic E-state index is 13.4. The van der Waals surface area contributed by atoms with Crippen molar-refractivity contribution in [3.05, 3.63) is 99.0 Å². The molecule has 1 aliphatic heterocycles. The van der Waals surface area contributed by atoms with Crippen molar-refractivity contribution in [2.75, 3.05) is 12.0 Å². The van der Waals surface area contributed by atoms with Gasteiger partial charge < -0.3 is 9.84 Å². The fraction of sp³-hybridized carbons (Fsp3) is 0.214. The van der Waals surface area contributed by atoms with Gasteiger partial charge in [-0.2, -0.15) is 0 Å². The van der Waals surface area contributed by atoms with Crippen LogP contribution in [0.1, 0.15) is 48.1 Å². The number of hydrogen-bond donors (Lipinski definition) is 1. The van der Waals surface area contributed by atoms with Crippen molar-refractivity contribution in [2.24, 2.45) is 0 Å². The smallest absolute Gasteiger partial charge is 0.300 e. The summed E-state index contributed by atoms with van der Waals surface area (Å²) in [6, 6.07) is 19.4. The minimum Gasteiger partial charge on any atom is -0.507 e. The molecule has 0 aliphatic carbocycles. The number of rotatable bonds is 5. The standard InChI is InChI=1S/C28H26BrNO4/c1-16(2)21-15-22(17(3)14-23(21)34-4)26(31)24-25(18-8-6-5-7-9-18)30(28(33)27(24)32)20-12-10-19(29)11-13-20/h5-16,25,31H,1-4H3/b26-24+. The van der Waals surface area contributed by atoms with Gasteiger partial charge in [0.1, 0.15) is 11.5 Å². The molecule has 3 aromatic carbocycles. The van der Waals surface area contributed by atoms with Crippen molar-refractivity contribution < 1.29 is 19.4 Å². The fourth-order valence-corrected chi connectivity index (χ4v) is 4.64. The molecule has 6 heteroatoms. The van der Waals surface area contributed by atoms with Crippen molar-refractivity contribution in [2.45, 2.75) is 32.7 Å². The third-order valence-corrected chi connectivity index (χ3v) is 6.65. The van der Waals surface area contributed by atoms with Crippen LogP contribution in [0.5, 0.6) is 5.75 Å². The molecule has 4 rings (SSSR count). The van der Waals surface area contributed by atoms with E-state index < -0.39 is 17.7 Å². The van der Waals surface area contributed by atoms with Crippen molar-refractivity contribution in [1.82, 2.24) is 0 Å². The van der Waals surface area contributed by atoms with E-state index in [4.69, 9.17) is 4.74 Å². The van der Waals surface area contributed by atoms with E-state index in [0.29, 0.717) is 11.3 Å². The second kappa shape index (κ2) is 9.47. The number of hydrogen-bond acceptors (Lipinski definition) is 4. The number of aryl methyl sites for hydroxylation is 1. The summed E-state index contributed by atoms with van der Waals surface area (Å²) in [5.41, 5.74) is 3.56. The lowest BCUT2D eigenvalue weighted by Gasteiger charge is -2.25. The summed E-state index contributed by atoms with van der Waals surface area (Å²) in [5, 5.41) is 11.5. The fourth-order valence-electron chi connectivity index (χ4n) is 4.38. The number of aliphatic hydroxyl groups excluding tert-OH is 1. The average molecular weight is 520 g/mol. The summed E-state index contributed by atoms with van der Waals surface area (Å²) in [6.07, 6.45) is 0. The first kappa shape index (κ1) is 23.8. The second-order valence-electron chi connectivity index (χ2n) is 8.62. The summed E-state index contributed by atoms with van der Waals surface area (Å²) in [4.78, 5) is 28.1. The highest BCUT2D eigenvalue weighted by molar-refractivity contribution is 9.10. The van der Waals surface area contributed by atoms with E-state index >= 15 is 0 Å². The van der Waals surface area contributed by atoms with E-state index in [1.807, 2.05) is 75.4 Å². The third kappa shape index (κ3) is 4.14. The molecular weight excluding hydrogens is 494 g/mol. The molecule has 1 N–H and O–H groups in total. The Labute approximate surface area is 207 Å². The minimum atomic E-state index is -0.758. The van der Waals surface area contributed by atoms with Crippen LogP contribution in [-0.2, 0) is 9.59 Å². The highest BCUT2D eigenvalue weighted by Gasteiger charge is 2.47. The highest BCUT2D eigenvalue weighted by Crippen LogP contribution is 2.43. The molecule has 0 bridgehead atoms. The number of nitrogens with zero attached hydrogens (tertiary/aromatic N) is 1. The average Bonchev–Trinajstić information content (AvgIpc) is 3.09. The second-order valence-corrected chi connectivity index (χ2v) is 9.54. The SMILES string of the molecule is COc1cc(C)c(/C(O)=C2\C(=O)C(=O)N(c3ccc(Br)cc3)C2c2ccccc2)cc1C(C)C. The van der Waals surface area contributed by atoms with Gasteiger partial charge in [-0.1, -0.05) is 60.1 Å². The molecule has 1 saturated heterocycles. The molecular formula is C28H26BrNO4. The maximum absolute atomic E-state index is 13.4. The number of Topliss-reactive ketones (excluding diaryl/α,β-unsaturated/α-hetero) is 1. The summed E-state index contributed by atoms with van der Waals surface area (Å²) < 4.78 is 6.39. The Balaban J connectivity index is 1.97. The number of amides is 1. The Bertz CT molecular complexity index is 1280. The van der Waals surface area contributed by atoms with Gasteiger partial charge in [-0.3, -0.25) is 14.5 Å². The summed E-state index contributed by atoms with van der Waals surface area (Å²) in [6.45, 7) is 5.92. The molecule has 1 unspecified atom stereocenters. The first-order chi connectivity index (χ1) is 16.2. The van der Waals surface area contributed by atoms with E-state index in [1.54, 1.807) is 19.2 Å². The van der Waals surface area contributed by atoms with Crippen LogP contribution in [0, 0.1) is 6.92 Å². The Hall–Kier alpha value is -3.38. The van der Waals surface area contributed by atoms with Crippen LogP contribution >= 0.6 is 15.9 Å². The van der Waals surface area contributed by atoms with E-state index in [0.717, 1.165) is 26.9 Å². The predicted octanol–water partition coefficient (Wildman–Crippen LogP) is 6.52. The monoisotopic (exact) mass is 519 g/mol. The molecule has 174 valence electrons. The molecule has 3 aromatic rings. The van der Waals surface area contributed by atoms with Crippen LogP contribution in [0.15, 0.2) is 76.8 Å². The van der Waals surface area contributed by atoms with Gasteiger partial charge in [-0.15, -0.1) is 0 Å². The topological polar surface area (TPSA) is 66.8 Å². The molecule has 1 atom stereocenters. The Kier molecular flexibility index (Phi) is 6.62. The molecule has 0 saturated carbocycles. The molecule has 1 heterocycles. The first-order valence-corrected chi connectivity index (χ1v) is 11.8. The zero-order chi connectivity index (χ0) is 24.6. The van der Waals surface area contributed by atoms with Crippen LogP contribution in [0.3, 0.4) is 0 Å². The first-order valence-electron chi connectivity index (χ1n) is 11.0. The number of ether oxygens (including phenoxy) is 1. The zero-order valence-electron chi connectivity index (χ0n) is 19.5. The molecule has 0 radical (unpaired) electrons. The number of anilines is 1. The molecule has 0 aromatic heterocycles. The Morgan fingerprint density at radius 1 is 1.03 bits per heavy atom. The van der Waals surface area contributed by atoms with Crippen molar-refractivity contribution in [3.63, 3.8) is 0 Å².